The predicted molar refractivity (Wildman–Crippen MR) is 63.9 cm³/mol. The summed E-state index contributed by atoms with van der Waals surface area (Å²) in [7, 11) is 0. The molecular weight excluding hydrogens is 323 g/mol. The second-order valence-corrected chi connectivity index (χ2v) is 4.85. The van der Waals surface area contributed by atoms with E-state index in [4.69, 9.17) is 0 Å². The lowest BCUT2D eigenvalue weighted by Crippen LogP contribution is -2.20. The summed E-state index contributed by atoms with van der Waals surface area (Å²) in [5.74, 6) is 0. The fraction of sp³-hybridized carbons (Fsp3) is 0.250. The molecule has 0 bridgehead atoms. The van der Waals surface area contributed by atoms with E-state index in [2.05, 4.69) is 12.6 Å². The molecule has 1 aromatic rings. The Morgan fingerprint density at radius 3 is 2.43 bits per heavy atom. The highest BCUT2D eigenvalue weighted by molar-refractivity contribution is 14.1. The number of hydrogen-bond acceptors (Lipinski definition) is 1. The topological polar surface area (TPSA) is 0 Å². The Hall–Kier alpha value is 0.155. The molecule has 0 aliphatic carbocycles. The van der Waals surface area contributed by atoms with Crippen molar-refractivity contribution in [2.45, 2.75) is 18.1 Å². The van der Waals surface area contributed by atoms with Gasteiger partial charge in [-0.2, -0.15) is 0 Å². The van der Waals surface area contributed by atoms with E-state index in [9.17, 15) is 12.9 Å². The molecule has 6 heteroatoms. The van der Waals surface area contributed by atoms with Crippen LogP contribution in [0.15, 0.2) is 17.0 Å². The largest absolute Gasteiger partial charge is 0.482 e. The normalized spacial score (nSPS) is 11.9. The molecule has 1 rings (SSSR count). The lowest BCUT2D eigenvalue weighted by Gasteiger charge is -2.16. The third-order valence-electron chi connectivity index (χ3n) is 1.90. The van der Waals surface area contributed by atoms with Crippen LogP contribution in [0.2, 0.25) is 0 Å². The molecule has 0 N–H and O–H groups in total. The molecule has 0 radical (unpaired) electrons. The third kappa shape index (κ3) is 3.38. The highest BCUT2D eigenvalue weighted by Gasteiger charge is 2.24. The summed E-state index contributed by atoms with van der Waals surface area (Å²) in [6.07, 6.45) is -0.823. The summed E-state index contributed by atoms with van der Waals surface area (Å²) < 4.78 is 37.4. The molecule has 0 atom stereocenters. The summed E-state index contributed by atoms with van der Waals surface area (Å²) in [5.41, 5.74) is 0.947. The number of hydrogen-bond donors (Lipinski definition) is 1. The van der Waals surface area contributed by atoms with Crippen molar-refractivity contribution in [3.8, 4) is 0 Å². The molecule has 78 valence electrons. The highest BCUT2D eigenvalue weighted by Crippen LogP contribution is 2.25. The lowest BCUT2D eigenvalue weighted by molar-refractivity contribution is 0.468. The number of thiol groups is 1. The minimum absolute atomic E-state index is 0.328. The molecule has 0 aliphatic rings. The molecular formula is C8H8BF3IS-. The van der Waals surface area contributed by atoms with E-state index in [0.717, 1.165) is 3.57 Å². The molecule has 0 unspecified atom stereocenters. The van der Waals surface area contributed by atoms with Crippen molar-refractivity contribution in [3.05, 3.63) is 26.8 Å². The quantitative estimate of drug-likeness (QED) is 0.476. The SMILES string of the molecule is Cc1c(S)cc(I)cc1C[B-](F)(F)F. The van der Waals surface area contributed by atoms with Crippen LogP contribution in [0, 0.1) is 10.5 Å². The van der Waals surface area contributed by atoms with E-state index in [1.54, 1.807) is 19.1 Å². The van der Waals surface area contributed by atoms with E-state index >= 15 is 0 Å². The molecule has 14 heavy (non-hydrogen) atoms. The third-order valence-corrected chi connectivity index (χ3v) is 2.99. The molecule has 0 nitrogen and oxygen atoms in total. The van der Waals surface area contributed by atoms with Gasteiger partial charge in [-0.25, -0.2) is 0 Å². The van der Waals surface area contributed by atoms with Gasteiger partial charge < -0.3 is 12.9 Å². The maximum Gasteiger partial charge on any atom is 0.482 e. The lowest BCUT2D eigenvalue weighted by atomic mass is 9.80. The van der Waals surface area contributed by atoms with Gasteiger partial charge in [-0.3, -0.25) is 0 Å². The van der Waals surface area contributed by atoms with Crippen LogP contribution >= 0.6 is 35.2 Å². The van der Waals surface area contributed by atoms with Gasteiger partial charge in [-0.15, -0.1) is 12.6 Å². The Labute approximate surface area is 99.9 Å². The van der Waals surface area contributed by atoms with Crippen LogP contribution in [-0.2, 0) is 6.32 Å². The van der Waals surface area contributed by atoms with Crippen molar-refractivity contribution >= 4 is 42.2 Å². The first-order valence-electron chi connectivity index (χ1n) is 3.98. The van der Waals surface area contributed by atoms with Gasteiger partial charge in [0.1, 0.15) is 0 Å². The molecule has 0 heterocycles. The van der Waals surface area contributed by atoms with E-state index in [1.807, 2.05) is 22.6 Å². The van der Waals surface area contributed by atoms with Crippen LogP contribution in [0.1, 0.15) is 11.1 Å². The summed E-state index contributed by atoms with van der Waals surface area (Å²) in [6.45, 7) is -3.10. The van der Waals surface area contributed by atoms with Crippen LogP contribution in [-0.4, -0.2) is 6.98 Å². The van der Waals surface area contributed by atoms with Gasteiger partial charge in [0.05, 0.1) is 0 Å². The number of halogens is 4. The zero-order valence-corrected chi connectivity index (χ0v) is 10.5. The smallest absolute Gasteiger partial charge is 0.449 e. The fourth-order valence-corrected chi connectivity index (χ4v) is 2.40. The number of benzene rings is 1. The van der Waals surface area contributed by atoms with E-state index in [0.29, 0.717) is 16.0 Å². The zero-order valence-electron chi connectivity index (χ0n) is 7.40. The van der Waals surface area contributed by atoms with Crippen molar-refractivity contribution < 1.29 is 12.9 Å². The maximum absolute atomic E-state index is 12.2. The van der Waals surface area contributed by atoms with Crippen LogP contribution in [0.5, 0.6) is 0 Å². The Kier molecular flexibility index (Phi) is 3.79. The standard InChI is InChI=1S/C8H8BF3IS/c1-5-6(4-9(10,11)12)2-7(13)3-8(5)14/h2-3,14H,4H2,1H3/q-1. The molecule has 0 amide bonds. The second-order valence-electron chi connectivity index (χ2n) is 3.12. The molecule has 0 saturated carbocycles. The minimum Gasteiger partial charge on any atom is -0.449 e. The summed E-state index contributed by atoms with van der Waals surface area (Å²) >= 11 is 6.11. The van der Waals surface area contributed by atoms with Crippen molar-refractivity contribution in [1.29, 1.82) is 0 Å². The monoisotopic (exact) mass is 331 g/mol. The van der Waals surface area contributed by atoms with Crippen LogP contribution in [0.4, 0.5) is 12.9 Å². The van der Waals surface area contributed by atoms with Gasteiger partial charge in [-0.1, -0.05) is 11.9 Å². The van der Waals surface area contributed by atoms with Gasteiger partial charge in [-0.05, 0) is 47.2 Å². The van der Waals surface area contributed by atoms with Gasteiger partial charge in [0.25, 0.3) is 0 Å². The van der Waals surface area contributed by atoms with Gasteiger partial charge in [0.2, 0.25) is 0 Å². The number of rotatable bonds is 2. The van der Waals surface area contributed by atoms with Crippen molar-refractivity contribution in [1.82, 2.24) is 0 Å². The first-order valence-corrected chi connectivity index (χ1v) is 5.51. The predicted octanol–water partition coefficient (Wildman–Crippen LogP) is 3.82. The van der Waals surface area contributed by atoms with Crippen LogP contribution in [0.3, 0.4) is 0 Å². The molecule has 0 aromatic heterocycles. The zero-order chi connectivity index (χ0) is 10.9. The summed E-state index contributed by atoms with van der Waals surface area (Å²) in [6, 6.07) is 3.32. The van der Waals surface area contributed by atoms with Gasteiger partial charge in [0.15, 0.2) is 0 Å². The van der Waals surface area contributed by atoms with Crippen LogP contribution in [0.25, 0.3) is 0 Å². The molecule has 0 spiro atoms. The molecule has 0 aliphatic heterocycles. The Morgan fingerprint density at radius 1 is 1.36 bits per heavy atom. The van der Waals surface area contributed by atoms with Crippen molar-refractivity contribution in [2.75, 3.05) is 0 Å². The Morgan fingerprint density at radius 2 is 1.93 bits per heavy atom. The highest BCUT2D eigenvalue weighted by atomic mass is 127. The van der Waals surface area contributed by atoms with E-state index in [1.165, 1.54) is 0 Å². The van der Waals surface area contributed by atoms with Gasteiger partial charge in [0, 0.05) is 8.47 Å². The Bertz CT molecular complexity index is 351. The molecule has 0 saturated heterocycles. The molecule has 0 fully saturated rings. The van der Waals surface area contributed by atoms with E-state index in [-0.39, 0.29) is 0 Å². The first-order chi connectivity index (χ1) is 6.29. The van der Waals surface area contributed by atoms with Gasteiger partial charge >= 0.3 is 6.98 Å². The van der Waals surface area contributed by atoms with Crippen molar-refractivity contribution in [3.63, 3.8) is 0 Å². The summed E-state index contributed by atoms with van der Waals surface area (Å²) in [5, 5.41) is 0. The summed E-state index contributed by atoms with van der Waals surface area (Å²) in [4.78, 5) is 0.618. The average Bonchev–Trinajstić information content (AvgIpc) is 1.96. The van der Waals surface area contributed by atoms with Crippen LogP contribution < -0.4 is 0 Å². The average molecular weight is 331 g/mol. The maximum atomic E-state index is 12.2. The Balaban J connectivity index is 3.09. The molecule has 1 aromatic carbocycles. The minimum atomic E-state index is -4.77. The van der Waals surface area contributed by atoms with E-state index < -0.39 is 13.3 Å². The second kappa shape index (κ2) is 4.34. The fourth-order valence-electron chi connectivity index (χ4n) is 1.18. The first kappa shape index (κ1) is 12.2. The van der Waals surface area contributed by atoms with Crippen molar-refractivity contribution in [2.24, 2.45) is 0 Å².